The number of piperazine rings is 1. The van der Waals surface area contributed by atoms with Crippen molar-refractivity contribution in [3.63, 3.8) is 0 Å². The summed E-state index contributed by atoms with van der Waals surface area (Å²) in [5.41, 5.74) is 3.94. The van der Waals surface area contributed by atoms with E-state index in [1.807, 2.05) is 48.5 Å². The lowest BCUT2D eigenvalue weighted by Crippen LogP contribution is -2.43. The zero-order valence-corrected chi connectivity index (χ0v) is 18.5. The number of hydrogen-bond acceptors (Lipinski definition) is 7. The number of carbonyl (C=O) groups is 1. The average molecular weight is 454 g/mol. The number of rotatable bonds is 6. The van der Waals surface area contributed by atoms with Crippen molar-refractivity contribution in [1.29, 1.82) is 0 Å². The van der Waals surface area contributed by atoms with Gasteiger partial charge in [0.05, 0.1) is 16.1 Å². The summed E-state index contributed by atoms with van der Waals surface area (Å²) in [6, 6.07) is 18.9. The highest BCUT2D eigenvalue weighted by atomic mass is 16.6. The van der Waals surface area contributed by atoms with Crippen LogP contribution in [-0.2, 0) is 6.42 Å². The SMILES string of the molecule is O=C(Cc1cc(-c2ccccc2)ncc1[N+](=O)[O-])c1cnc2cc(N3CCNCC3)ccc2c1. The molecule has 3 heterocycles. The minimum Gasteiger partial charge on any atom is -0.369 e. The van der Waals surface area contributed by atoms with Crippen LogP contribution in [0.15, 0.2) is 73.1 Å². The fraction of sp³-hybridized carbons (Fsp3) is 0.192. The number of anilines is 1. The molecule has 0 saturated carbocycles. The van der Waals surface area contributed by atoms with Gasteiger partial charge in [0.25, 0.3) is 5.69 Å². The molecule has 8 nitrogen and oxygen atoms in total. The number of hydrogen-bond donors (Lipinski definition) is 1. The molecular formula is C26H23N5O3. The van der Waals surface area contributed by atoms with E-state index in [9.17, 15) is 14.9 Å². The van der Waals surface area contributed by atoms with Crippen molar-refractivity contribution < 1.29 is 9.72 Å². The first kappa shape index (κ1) is 21.7. The van der Waals surface area contributed by atoms with Crippen LogP contribution < -0.4 is 10.2 Å². The summed E-state index contributed by atoms with van der Waals surface area (Å²) in [4.78, 5) is 35.2. The number of nitrogens with one attached hydrogen (secondary N) is 1. The zero-order chi connectivity index (χ0) is 23.5. The molecule has 34 heavy (non-hydrogen) atoms. The van der Waals surface area contributed by atoms with E-state index in [1.165, 1.54) is 6.20 Å². The van der Waals surface area contributed by atoms with Crippen LogP contribution in [0, 0.1) is 10.1 Å². The van der Waals surface area contributed by atoms with Gasteiger partial charge in [-0.1, -0.05) is 36.4 Å². The second-order valence-corrected chi connectivity index (χ2v) is 8.26. The van der Waals surface area contributed by atoms with Crippen molar-refractivity contribution in [3.8, 4) is 11.3 Å². The number of carbonyl (C=O) groups excluding carboxylic acids is 1. The molecule has 0 atom stereocenters. The Morgan fingerprint density at radius 1 is 1.00 bits per heavy atom. The van der Waals surface area contributed by atoms with Gasteiger partial charge in [0.1, 0.15) is 6.20 Å². The van der Waals surface area contributed by atoms with Crippen LogP contribution in [0.4, 0.5) is 11.4 Å². The van der Waals surface area contributed by atoms with Crippen LogP contribution in [0.3, 0.4) is 0 Å². The lowest BCUT2D eigenvalue weighted by molar-refractivity contribution is -0.385. The number of ketones is 1. The molecule has 0 spiro atoms. The summed E-state index contributed by atoms with van der Waals surface area (Å²) >= 11 is 0. The minimum absolute atomic E-state index is 0.106. The summed E-state index contributed by atoms with van der Waals surface area (Å²) in [6.07, 6.45) is 2.67. The first-order valence-electron chi connectivity index (χ1n) is 11.2. The maximum atomic E-state index is 13.1. The molecule has 0 bridgehead atoms. The Bertz CT molecular complexity index is 1370. The Morgan fingerprint density at radius 3 is 2.56 bits per heavy atom. The first-order valence-corrected chi connectivity index (χ1v) is 11.2. The molecule has 0 amide bonds. The molecular weight excluding hydrogens is 430 g/mol. The van der Waals surface area contributed by atoms with Gasteiger partial charge in [-0.05, 0) is 24.3 Å². The van der Waals surface area contributed by atoms with Crippen LogP contribution >= 0.6 is 0 Å². The summed E-state index contributed by atoms with van der Waals surface area (Å²) in [5.74, 6) is -0.228. The van der Waals surface area contributed by atoms with E-state index in [0.717, 1.165) is 48.3 Å². The molecule has 8 heteroatoms. The number of pyridine rings is 2. The molecule has 4 aromatic rings. The van der Waals surface area contributed by atoms with Crippen LogP contribution in [0.5, 0.6) is 0 Å². The van der Waals surface area contributed by atoms with Gasteiger partial charge in [-0.2, -0.15) is 0 Å². The molecule has 1 saturated heterocycles. The summed E-state index contributed by atoms with van der Waals surface area (Å²) < 4.78 is 0. The van der Waals surface area contributed by atoms with Gasteiger partial charge in [0, 0.05) is 66.6 Å². The van der Waals surface area contributed by atoms with Crippen molar-refractivity contribution in [2.45, 2.75) is 6.42 Å². The summed E-state index contributed by atoms with van der Waals surface area (Å²) in [7, 11) is 0. The third kappa shape index (κ3) is 4.49. The van der Waals surface area contributed by atoms with E-state index in [2.05, 4.69) is 20.2 Å². The normalized spacial score (nSPS) is 13.7. The molecule has 170 valence electrons. The molecule has 1 fully saturated rings. The Morgan fingerprint density at radius 2 is 1.79 bits per heavy atom. The number of Topliss-reactive ketones (excluding diaryl/α,β-unsaturated/α-hetero) is 1. The van der Waals surface area contributed by atoms with Gasteiger partial charge in [-0.15, -0.1) is 0 Å². The topological polar surface area (TPSA) is 101 Å². The average Bonchev–Trinajstić information content (AvgIpc) is 2.89. The van der Waals surface area contributed by atoms with Gasteiger partial charge in [-0.25, -0.2) is 4.98 Å². The quantitative estimate of drug-likeness (QED) is 0.267. The van der Waals surface area contributed by atoms with Crippen LogP contribution in [0.2, 0.25) is 0 Å². The molecule has 2 aromatic heterocycles. The van der Waals surface area contributed by atoms with Crippen molar-refractivity contribution in [2.24, 2.45) is 0 Å². The monoisotopic (exact) mass is 453 g/mol. The van der Waals surface area contributed by atoms with Crippen LogP contribution in [0.1, 0.15) is 15.9 Å². The smallest absolute Gasteiger partial charge is 0.291 e. The predicted molar refractivity (Wildman–Crippen MR) is 131 cm³/mol. The van der Waals surface area contributed by atoms with Crippen molar-refractivity contribution >= 4 is 28.1 Å². The van der Waals surface area contributed by atoms with Crippen molar-refractivity contribution in [2.75, 3.05) is 31.1 Å². The predicted octanol–water partition coefficient (Wildman–Crippen LogP) is 4.04. The lowest BCUT2D eigenvalue weighted by atomic mass is 10.0. The number of benzene rings is 2. The molecule has 5 rings (SSSR count). The van der Waals surface area contributed by atoms with E-state index in [4.69, 9.17) is 0 Å². The Balaban J connectivity index is 1.42. The molecule has 0 unspecified atom stereocenters. The standard InChI is InChI=1S/C26H23N5O3/c32-26(14-20-13-23(18-4-2-1-3-5-18)29-17-25(20)31(33)34)21-12-19-6-7-22(15-24(19)28-16-21)30-10-8-27-9-11-30/h1-7,12-13,15-17,27H,8-11,14H2. The van der Waals surface area contributed by atoms with Crippen molar-refractivity contribution in [3.05, 3.63) is 94.3 Å². The van der Waals surface area contributed by atoms with E-state index in [1.54, 1.807) is 18.3 Å². The molecule has 1 N–H and O–H groups in total. The van der Waals surface area contributed by atoms with Gasteiger partial charge in [-0.3, -0.25) is 19.9 Å². The highest BCUT2D eigenvalue weighted by Crippen LogP contribution is 2.26. The minimum atomic E-state index is -0.499. The van der Waals surface area contributed by atoms with Gasteiger partial charge in [0.15, 0.2) is 5.78 Å². The number of nitro groups is 1. The van der Waals surface area contributed by atoms with E-state index in [-0.39, 0.29) is 17.9 Å². The van der Waals surface area contributed by atoms with E-state index in [0.29, 0.717) is 16.8 Å². The lowest BCUT2D eigenvalue weighted by Gasteiger charge is -2.29. The van der Waals surface area contributed by atoms with Gasteiger partial charge >= 0.3 is 0 Å². The fourth-order valence-corrected chi connectivity index (χ4v) is 4.22. The molecule has 1 aliphatic heterocycles. The van der Waals surface area contributed by atoms with E-state index >= 15 is 0 Å². The van der Waals surface area contributed by atoms with Crippen molar-refractivity contribution in [1.82, 2.24) is 15.3 Å². The molecule has 0 radical (unpaired) electrons. The molecule has 0 aliphatic carbocycles. The summed E-state index contributed by atoms with van der Waals surface area (Å²) in [6.45, 7) is 3.79. The first-order chi connectivity index (χ1) is 16.6. The zero-order valence-electron chi connectivity index (χ0n) is 18.5. The Hall–Kier alpha value is -4.17. The highest BCUT2D eigenvalue weighted by molar-refractivity contribution is 6.00. The van der Waals surface area contributed by atoms with E-state index < -0.39 is 4.92 Å². The number of fused-ring (bicyclic) bond motifs is 1. The Labute approximate surface area is 196 Å². The third-order valence-corrected chi connectivity index (χ3v) is 6.05. The Kier molecular flexibility index (Phi) is 5.97. The molecule has 1 aliphatic rings. The van der Waals surface area contributed by atoms with Gasteiger partial charge < -0.3 is 10.2 Å². The maximum Gasteiger partial charge on any atom is 0.291 e. The fourth-order valence-electron chi connectivity index (χ4n) is 4.22. The van der Waals surface area contributed by atoms with Crippen LogP contribution in [0.25, 0.3) is 22.2 Å². The second kappa shape index (κ2) is 9.36. The number of aromatic nitrogens is 2. The second-order valence-electron chi connectivity index (χ2n) is 8.26. The van der Waals surface area contributed by atoms with Gasteiger partial charge in [0.2, 0.25) is 0 Å². The largest absolute Gasteiger partial charge is 0.369 e. The summed E-state index contributed by atoms with van der Waals surface area (Å²) in [5, 5.41) is 15.8. The maximum absolute atomic E-state index is 13.1. The molecule has 2 aromatic carbocycles. The highest BCUT2D eigenvalue weighted by Gasteiger charge is 2.20. The third-order valence-electron chi connectivity index (χ3n) is 6.05. The van der Waals surface area contributed by atoms with Crippen LogP contribution in [-0.4, -0.2) is 46.9 Å². The number of nitrogens with zero attached hydrogens (tertiary/aromatic N) is 4.